The van der Waals surface area contributed by atoms with Crippen LogP contribution < -0.4 is 5.32 Å². The Morgan fingerprint density at radius 2 is 2.31 bits per heavy atom. The Hall–Kier alpha value is -1.11. The number of nitrogens with zero attached hydrogens (tertiary/aromatic N) is 2. The van der Waals surface area contributed by atoms with E-state index in [9.17, 15) is 4.79 Å². The molecule has 1 rings (SSSR count). The van der Waals surface area contributed by atoms with Gasteiger partial charge in [0.1, 0.15) is 6.54 Å². The summed E-state index contributed by atoms with van der Waals surface area (Å²) in [5.74, 6) is -0.181. The third-order valence-electron chi connectivity index (χ3n) is 1.97. The minimum absolute atomic E-state index is 0.124. The van der Waals surface area contributed by atoms with E-state index in [1.807, 2.05) is 0 Å². The first-order chi connectivity index (χ1) is 7.67. The van der Waals surface area contributed by atoms with Gasteiger partial charge in [-0.15, -0.1) is 0 Å². The normalized spacial score (nSPS) is 10.8. The zero-order valence-electron chi connectivity index (χ0n) is 9.14. The third-order valence-corrected chi connectivity index (χ3v) is 2.29. The molecule has 1 aromatic heterocycles. The molecule has 0 spiro atoms. The van der Waals surface area contributed by atoms with Crippen LogP contribution in [0.3, 0.4) is 0 Å². The Balaban J connectivity index is 2.34. The van der Waals surface area contributed by atoms with E-state index < -0.39 is 6.29 Å². The summed E-state index contributed by atoms with van der Waals surface area (Å²) in [6.07, 6.45) is 2.72. The van der Waals surface area contributed by atoms with Gasteiger partial charge in [-0.2, -0.15) is 0 Å². The molecule has 0 bridgehead atoms. The van der Waals surface area contributed by atoms with Crippen molar-refractivity contribution in [2.45, 2.75) is 12.8 Å². The molecule has 0 fully saturated rings. The molecule has 7 heteroatoms. The van der Waals surface area contributed by atoms with Gasteiger partial charge in [0.2, 0.25) is 11.2 Å². The summed E-state index contributed by atoms with van der Waals surface area (Å²) < 4.78 is 11.4. The van der Waals surface area contributed by atoms with Crippen LogP contribution in [0.5, 0.6) is 0 Å². The Labute approximate surface area is 98.5 Å². The molecule has 0 unspecified atom stereocenters. The number of amides is 1. The van der Waals surface area contributed by atoms with Crippen molar-refractivity contribution in [1.82, 2.24) is 14.9 Å². The second kappa shape index (κ2) is 6.47. The largest absolute Gasteiger partial charge is 0.354 e. The standard InChI is InChI=1S/C9H14ClN3O3/c1-15-8(16-2)5-12-7(14)6-13-4-3-11-9(13)10/h3-4,8H,5-6H2,1-2H3,(H,12,14). The first-order valence-corrected chi connectivity index (χ1v) is 5.04. The molecule has 0 saturated carbocycles. The van der Waals surface area contributed by atoms with E-state index >= 15 is 0 Å². The predicted octanol–water partition coefficient (Wildman–Crippen LogP) is 0.272. The molecule has 1 aromatic rings. The molecule has 0 aliphatic heterocycles. The number of imidazole rings is 1. The van der Waals surface area contributed by atoms with Crippen molar-refractivity contribution in [2.24, 2.45) is 0 Å². The molecule has 90 valence electrons. The van der Waals surface area contributed by atoms with Gasteiger partial charge < -0.3 is 19.4 Å². The van der Waals surface area contributed by atoms with Gasteiger partial charge in [0.15, 0.2) is 6.29 Å². The molecule has 0 aliphatic carbocycles. The van der Waals surface area contributed by atoms with Crippen molar-refractivity contribution in [3.63, 3.8) is 0 Å². The van der Waals surface area contributed by atoms with Crippen LogP contribution in [-0.2, 0) is 20.8 Å². The lowest BCUT2D eigenvalue weighted by Gasteiger charge is -2.14. The van der Waals surface area contributed by atoms with Crippen molar-refractivity contribution in [3.8, 4) is 0 Å². The molecule has 6 nitrogen and oxygen atoms in total. The maximum Gasteiger partial charge on any atom is 0.240 e. The van der Waals surface area contributed by atoms with Crippen LogP contribution in [0.2, 0.25) is 5.28 Å². The number of carbonyl (C=O) groups excluding carboxylic acids is 1. The quantitative estimate of drug-likeness (QED) is 0.733. The highest BCUT2D eigenvalue weighted by Crippen LogP contribution is 2.03. The first kappa shape index (κ1) is 13.0. The van der Waals surface area contributed by atoms with Crippen LogP contribution in [0.4, 0.5) is 0 Å². The zero-order chi connectivity index (χ0) is 12.0. The highest BCUT2D eigenvalue weighted by atomic mass is 35.5. The minimum Gasteiger partial charge on any atom is -0.354 e. The summed E-state index contributed by atoms with van der Waals surface area (Å²) in [7, 11) is 3.01. The van der Waals surface area contributed by atoms with Crippen LogP contribution in [0, 0.1) is 0 Å². The van der Waals surface area contributed by atoms with Gasteiger partial charge in [0, 0.05) is 26.6 Å². The lowest BCUT2D eigenvalue weighted by atomic mass is 10.5. The van der Waals surface area contributed by atoms with Crippen molar-refractivity contribution in [3.05, 3.63) is 17.7 Å². The van der Waals surface area contributed by atoms with Gasteiger partial charge in [-0.05, 0) is 11.6 Å². The summed E-state index contributed by atoms with van der Waals surface area (Å²) in [6, 6.07) is 0. The van der Waals surface area contributed by atoms with Gasteiger partial charge in [0.25, 0.3) is 0 Å². The number of rotatable bonds is 6. The van der Waals surface area contributed by atoms with Gasteiger partial charge in [-0.3, -0.25) is 4.79 Å². The topological polar surface area (TPSA) is 65.4 Å². The molecular formula is C9H14ClN3O3. The van der Waals surface area contributed by atoms with Gasteiger partial charge in [-0.1, -0.05) is 0 Å². The van der Waals surface area contributed by atoms with E-state index in [1.165, 1.54) is 25.0 Å². The van der Waals surface area contributed by atoms with E-state index in [4.69, 9.17) is 21.1 Å². The van der Waals surface area contributed by atoms with Crippen LogP contribution in [0.1, 0.15) is 0 Å². The van der Waals surface area contributed by atoms with Gasteiger partial charge in [0.05, 0.1) is 6.54 Å². The first-order valence-electron chi connectivity index (χ1n) is 4.66. The molecule has 1 N–H and O–H groups in total. The average molecular weight is 248 g/mol. The molecule has 0 aliphatic rings. The summed E-state index contributed by atoms with van der Waals surface area (Å²) >= 11 is 5.72. The van der Waals surface area contributed by atoms with E-state index in [-0.39, 0.29) is 24.3 Å². The summed E-state index contributed by atoms with van der Waals surface area (Å²) in [5.41, 5.74) is 0. The molecule has 1 heterocycles. The number of nitrogens with one attached hydrogen (secondary N) is 1. The second-order valence-corrected chi connectivity index (χ2v) is 3.37. The Kier molecular flexibility index (Phi) is 5.24. The maximum absolute atomic E-state index is 11.5. The lowest BCUT2D eigenvalue weighted by molar-refractivity contribution is -0.127. The molecular weight excluding hydrogens is 234 g/mol. The molecule has 0 saturated heterocycles. The smallest absolute Gasteiger partial charge is 0.240 e. The SMILES string of the molecule is COC(CNC(=O)Cn1ccnc1Cl)OC. The highest BCUT2D eigenvalue weighted by molar-refractivity contribution is 6.28. The van der Waals surface area contributed by atoms with Crippen LogP contribution >= 0.6 is 11.6 Å². The maximum atomic E-state index is 11.5. The molecule has 1 amide bonds. The van der Waals surface area contributed by atoms with Crippen molar-refractivity contribution < 1.29 is 14.3 Å². The molecule has 0 atom stereocenters. The van der Waals surface area contributed by atoms with Crippen molar-refractivity contribution in [2.75, 3.05) is 20.8 Å². The van der Waals surface area contributed by atoms with E-state index in [2.05, 4.69) is 10.3 Å². The van der Waals surface area contributed by atoms with E-state index in [0.29, 0.717) is 0 Å². The molecule has 16 heavy (non-hydrogen) atoms. The fourth-order valence-electron chi connectivity index (χ4n) is 1.10. The summed E-state index contributed by atoms with van der Waals surface area (Å²) in [5, 5.41) is 2.94. The number of halogens is 1. The predicted molar refractivity (Wildman–Crippen MR) is 58.1 cm³/mol. The summed E-state index contributed by atoms with van der Waals surface area (Å²) in [6.45, 7) is 0.414. The number of hydrogen-bond donors (Lipinski definition) is 1. The van der Waals surface area contributed by atoms with E-state index in [0.717, 1.165) is 0 Å². The average Bonchev–Trinajstić information content (AvgIpc) is 2.66. The van der Waals surface area contributed by atoms with Crippen LogP contribution in [0.25, 0.3) is 0 Å². The molecule has 0 aromatic carbocycles. The number of methoxy groups -OCH3 is 2. The minimum atomic E-state index is -0.442. The van der Waals surface area contributed by atoms with Gasteiger partial charge in [-0.25, -0.2) is 4.98 Å². The number of hydrogen-bond acceptors (Lipinski definition) is 4. The van der Waals surface area contributed by atoms with E-state index in [1.54, 1.807) is 6.20 Å². The van der Waals surface area contributed by atoms with Crippen LogP contribution in [0.15, 0.2) is 12.4 Å². The lowest BCUT2D eigenvalue weighted by Crippen LogP contribution is -2.36. The zero-order valence-corrected chi connectivity index (χ0v) is 9.90. The fraction of sp³-hybridized carbons (Fsp3) is 0.556. The molecule has 0 radical (unpaired) electrons. The Morgan fingerprint density at radius 1 is 1.62 bits per heavy atom. The third kappa shape index (κ3) is 3.80. The Morgan fingerprint density at radius 3 is 2.81 bits per heavy atom. The summed E-state index contributed by atoms with van der Waals surface area (Å²) in [4.78, 5) is 15.3. The fourth-order valence-corrected chi connectivity index (χ4v) is 1.27. The van der Waals surface area contributed by atoms with Gasteiger partial charge >= 0.3 is 0 Å². The van der Waals surface area contributed by atoms with Crippen molar-refractivity contribution in [1.29, 1.82) is 0 Å². The highest BCUT2D eigenvalue weighted by Gasteiger charge is 2.09. The number of carbonyl (C=O) groups is 1. The Bertz CT molecular complexity index is 338. The second-order valence-electron chi connectivity index (χ2n) is 3.03. The van der Waals surface area contributed by atoms with Crippen LogP contribution in [-0.4, -0.2) is 42.5 Å². The number of aromatic nitrogens is 2. The van der Waals surface area contributed by atoms with Crippen molar-refractivity contribution >= 4 is 17.5 Å². The number of ether oxygens (including phenoxy) is 2. The monoisotopic (exact) mass is 247 g/mol.